The highest BCUT2D eigenvalue weighted by Gasteiger charge is 2.22. The Balaban J connectivity index is 1.64. The van der Waals surface area contributed by atoms with Crippen molar-refractivity contribution in [3.05, 3.63) is 24.4 Å². The lowest BCUT2D eigenvalue weighted by atomic mass is 10.0. The van der Waals surface area contributed by atoms with Gasteiger partial charge in [-0.2, -0.15) is 5.26 Å². The highest BCUT2D eigenvalue weighted by atomic mass is 32.1. The van der Waals surface area contributed by atoms with Crippen molar-refractivity contribution in [1.82, 2.24) is 20.2 Å². The maximum Gasteiger partial charge on any atom is 0.186 e. The fourth-order valence-corrected chi connectivity index (χ4v) is 3.90. The van der Waals surface area contributed by atoms with Crippen LogP contribution in [0.5, 0.6) is 0 Å². The summed E-state index contributed by atoms with van der Waals surface area (Å²) in [4.78, 5) is 11.3. The highest BCUT2D eigenvalue weighted by Crippen LogP contribution is 2.35. The molecule has 3 N–H and O–H groups in total. The van der Waals surface area contributed by atoms with Gasteiger partial charge < -0.3 is 16.0 Å². The first-order valence-electron chi connectivity index (χ1n) is 7.99. The van der Waals surface area contributed by atoms with Crippen LogP contribution in [0.1, 0.15) is 12.8 Å². The topological polar surface area (TPSA) is 117 Å². The Morgan fingerprint density at radius 3 is 3.04 bits per heavy atom. The van der Waals surface area contributed by atoms with Gasteiger partial charge in [-0.25, -0.2) is 9.97 Å². The second-order valence-corrected chi connectivity index (χ2v) is 6.86. The van der Waals surface area contributed by atoms with Crippen molar-refractivity contribution in [2.45, 2.75) is 12.8 Å². The van der Waals surface area contributed by atoms with E-state index in [1.165, 1.54) is 0 Å². The summed E-state index contributed by atoms with van der Waals surface area (Å²) in [5.41, 5.74) is 6.44. The number of nitrogens with one attached hydrogen (secondary N) is 1. The van der Waals surface area contributed by atoms with Gasteiger partial charge in [-0.05, 0) is 31.0 Å². The number of fused-ring (bicyclic) bond motifs is 1. The molecule has 25 heavy (non-hydrogen) atoms. The van der Waals surface area contributed by atoms with E-state index in [0.717, 1.165) is 41.3 Å². The first kappa shape index (κ1) is 15.5. The molecule has 0 saturated carbocycles. The Morgan fingerprint density at radius 1 is 1.32 bits per heavy atom. The summed E-state index contributed by atoms with van der Waals surface area (Å²) >= 11 is 1.57. The smallest absolute Gasteiger partial charge is 0.186 e. The van der Waals surface area contributed by atoms with Gasteiger partial charge in [0, 0.05) is 19.3 Å². The number of anilines is 4. The number of nitriles is 1. The molecule has 1 aliphatic rings. The van der Waals surface area contributed by atoms with Crippen LogP contribution in [0.15, 0.2) is 24.4 Å². The minimum Gasteiger partial charge on any atom is -0.382 e. The molecule has 0 radical (unpaired) electrons. The Kier molecular flexibility index (Phi) is 4.03. The van der Waals surface area contributed by atoms with Crippen LogP contribution in [0, 0.1) is 17.2 Å². The maximum absolute atomic E-state index is 9.19. The molecule has 1 fully saturated rings. The molecule has 0 amide bonds. The fourth-order valence-electron chi connectivity index (χ4n) is 2.85. The second kappa shape index (κ2) is 6.49. The van der Waals surface area contributed by atoms with Crippen molar-refractivity contribution < 1.29 is 0 Å². The molecule has 0 aromatic carbocycles. The van der Waals surface area contributed by atoms with Gasteiger partial charge in [0.25, 0.3) is 0 Å². The van der Waals surface area contributed by atoms with E-state index < -0.39 is 0 Å². The number of nitrogens with zero attached hydrogens (tertiary/aromatic N) is 6. The molecule has 0 spiro atoms. The first-order valence-corrected chi connectivity index (χ1v) is 8.81. The van der Waals surface area contributed by atoms with E-state index in [4.69, 9.17) is 10.7 Å². The van der Waals surface area contributed by atoms with Gasteiger partial charge in [0.1, 0.15) is 5.82 Å². The highest BCUT2D eigenvalue weighted by molar-refractivity contribution is 7.22. The summed E-state index contributed by atoms with van der Waals surface area (Å²) in [6.07, 6.45) is 3.69. The van der Waals surface area contributed by atoms with E-state index in [2.05, 4.69) is 31.5 Å². The maximum atomic E-state index is 9.19. The summed E-state index contributed by atoms with van der Waals surface area (Å²) in [5.74, 6) is 1.70. The van der Waals surface area contributed by atoms with Crippen LogP contribution in [0.4, 0.5) is 22.6 Å². The normalized spacial score (nSPS) is 17.4. The number of thiazole rings is 1. The van der Waals surface area contributed by atoms with E-state index in [0.29, 0.717) is 17.5 Å². The molecular formula is C16H16N8S. The van der Waals surface area contributed by atoms with Crippen LogP contribution >= 0.6 is 11.3 Å². The number of pyridine rings is 1. The molecule has 0 aliphatic carbocycles. The molecule has 1 aliphatic heterocycles. The third-order valence-corrected chi connectivity index (χ3v) is 5.24. The number of piperidine rings is 1. The Bertz CT molecular complexity index is 929. The lowest BCUT2D eigenvalue weighted by Gasteiger charge is -2.28. The molecule has 1 unspecified atom stereocenters. The molecule has 9 heteroatoms. The number of aromatic nitrogens is 4. The van der Waals surface area contributed by atoms with Gasteiger partial charge in [0.2, 0.25) is 0 Å². The van der Waals surface area contributed by atoms with Crippen LogP contribution in [0.2, 0.25) is 0 Å². The van der Waals surface area contributed by atoms with E-state index in [-0.39, 0.29) is 5.92 Å². The molecule has 8 nitrogen and oxygen atoms in total. The van der Waals surface area contributed by atoms with Crippen molar-refractivity contribution >= 4 is 44.1 Å². The van der Waals surface area contributed by atoms with Crippen molar-refractivity contribution in [3.8, 4) is 6.07 Å². The summed E-state index contributed by atoms with van der Waals surface area (Å²) in [6.45, 7) is 1.66. The van der Waals surface area contributed by atoms with E-state index in [1.807, 2.05) is 6.07 Å². The lowest BCUT2D eigenvalue weighted by molar-refractivity contribution is 0.493. The van der Waals surface area contributed by atoms with Crippen molar-refractivity contribution in [2.24, 2.45) is 5.92 Å². The summed E-state index contributed by atoms with van der Waals surface area (Å²) in [6, 6.07) is 7.70. The minimum absolute atomic E-state index is 0.0709. The number of rotatable bonds is 3. The molecular weight excluding hydrogens is 336 g/mol. The number of nitrogens with two attached hydrogens (primary N) is 1. The Labute approximate surface area is 148 Å². The van der Waals surface area contributed by atoms with Gasteiger partial charge in [0.15, 0.2) is 16.8 Å². The van der Waals surface area contributed by atoms with Crippen molar-refractivity contribution in [3.63, 3.8) is 0 Å². The number of hydrogen-bond donors (Lipinski definition) is 2. The Morgan fingerprint density at radius 2 is 2.24 bits per heavy atom. The van der Waals surface area contributed by atoms with Gasteiger partial charge >= 0.3 is 0 Å². The molecule has 1 saturated heterocycles. The third kappa shape index (κ3) is 3.16. The SMILES string of the molecule is N#CC1CCCN(c2nc3ccnc(Nc4ccc(N)nn4)c3s2)C1. The van der Waals surface area contributed by atoms with Gasteiger partial charge in [0.05, 0.1) is 22.2 Å². The van der Waals surface area contributed by atoms with Crippen LogP contribution in [-0.2, 0) is 0 Å². The molecule has 3 aromatic rings. The van der Waals surface area contributed by atoms with E-state index in [9.17, 15) is 5.26 Å². The zero-order valence-electron chi connectivity index (χ0n) is 13.4. The quantitative estimate of drug-likeness (QED) is 0.738. The summed E-state index contributed by atoms with van der Waals surface area (Å²) in [5, 5.41) is 21.1. The third-order valence-electron chi connectivity index (χ3n) is 4.10. The molecule has 3 aromatic heterocycles. The molecule has 4 rings (SSSR count). The molecule has 4 heterocycles. The van der Waals surface area contributed by atoms with Gasteiger partial charge in [-0.1, -0.05) is 11.3 Å². The van der Waals surface area contributed by atoms with Gasteiger partial charge in [-0.3, -0.25) is 0 Å². The fraction of sp³-hybridized carbons (Fsp3) is 0.312. The molecule has 1 atom stereocenters. The predicted molar refractivity (Wildman–Crippen MR) is 97.7 cm³/mol. The second-order valence-electron chi connectivity index (χ2n) is 5.89. The lowest BCUT2D eigenvalue weighted by Crippen LogP contribution is -2.34. The molecule has 126 valence electrons. The number of nitrogen functional groups attached to an aromatic ring is 1. The minimum atomic E-state index is 0.0709. The standard InChI is InChI=1S/C16H16N8S/c17-8-10-2-1-7-24(9-10)16-20-11-5-6-19-15(14(11)25-16)21-13-4-3-12(18)22-23-13/h3-6,10H,1-2,7,9H2,(H2,18,22)(H,19,21,23). The van der Waals surface area contributed by atoms with Crippen molar-refractivity contribution in [1.29, 1.82) is 5.26 Å². The zero-order chi connectivity index (χ0) is 17.2. The summed E-state index contributed by atoms with van der Waals surface area (Å²) in [7, 11) is 0. The largest absolute Gasteiger partial charge is 0.382 e. The van der Waals surface area contributed by atoms with Crippen LogP contribution in [-0.4, -0.2) is 33.3 Å². The van der Waals surface area contributed by atoms with Gasteiger partial charge in [-0.15, -0.1) is 10.2 Å². The first-order chi connectivity index (χ1) is 12.2. The van der Waals surface area contributed by atoms with E-state index in [1.54, 1.807) is 29.7 Å². The molecule has 0 bridgehead atoms. The van der Waals surface area contributed by atoms with Crippen molar-refractivity contribution in [2.75, 3.05) is 29.0 Å². The Hall–Kier alpha value is -2.99. The summed E-state index contributed by atoms with van der Waals surface area (Å²) < 4.78 is 0.954. The van der Waals surface area contributed by atoms with E-state index >= 15 is 0 Å². The number of hydrogen-bond acceptors (Lipinski definition) is 9. The van der Waals surface area contributed by atoms with Crippen LogP contribution in [0.25, 0.3) is 10.2 Å². The average molecular weight is 352 g/mol. The average Bonchev–Trinajstić information content (AvgIpc) is 3.09. The van der Waals surface area contributed by atoms with Crippen LogP contribution in [0.3, 0.4) is 0 Å². The predicted octanol–water partition coefficient (Wildman–Crippen LogP) is 2.55. The van der Waals surface area contributed by atoms with Crippen LogP contribution < -0.4 is 16.0 Å². The zero-order valence-corrected chi connectivity index (χ0v) is 14.2. The monoisotopic (exact) mass is 352 g/mol.